The van der Waals surface area contributed by atoms with Crippen molar-refractivity contribution in [2.75, 3.05) is 18.4 Å². The van der Waals surface area contributed by atoms with Gasteiger partial charge in [0.2, 0.25) is 5.82 Å². The van der Waals surface area contributed by atoms with Gasteiger partial charge in [-0.2, -0.15) is 4.80 Å². The van der Waals surface area contributed by atoms with E-state index in [0.29, 0.717) is 5.82 Å². The molecule has 6 nitrogen and oxygen atoms in total. The molecule has 0 saturated carbocycles. The van der Waals surface area contributed by atoms with E-state index in [4.69, 9.17) is 12.2 Å². The first-order valence-electron chi connectivity index (χ1n) is 9.22. The van der Waals surface area contributed by atoms with E-state index >= 15 is 0 Å². The number of thiocarbonyl (C=S) groups is 1. The molecule has 3 aromatic rings. The number of tetrazole rings is 1. The van der Waals surface area contributed by atoms with Crippen molar-refractivity contribution in [1.29, 1.82) is 0 Å². The number of piperidine rings is 1. The lowest BCUT2D eigenvalue weighted by atomic mass is 10.1. The molecule has 0 atom stereocenters. The van der Waals surface area contributed by atoms with E-state index in [1.807, 2.05) is 23.6 Å². The Morgan fingerprint density at radius 1 is 1.22 bits per heavy atom. The number of thiophene rings is 1. The molecule has 2 aromatic heterocycles. The van der Waals surface area contributed by atoms with Crippen LogP contribution in [0.15, 0.2) is 41.8 Å². The highest BCUT2D eigenvalue weighted by atomic mass is 32.1. The molecule has 1 fully saturated rings. The van der Waals surface area contributed by atoms with Crippen molar-refractivity contribution in [2.24, 2.45) is 0 Å². The topological polar surface area (TPSA) is 58.9 Å². The first kappa shape index (κ1) is 18.1. The smallest absolute Gasteiger partial charge is 0.214 e. The molecule has 4 rings (SSSR count). The normalized spacial score (nSPS) is 15.1. The van der Waals surface area contributed by atoms with Crippen LogP contribution in [0.4, 0.5) is 5.69 Å². The van der Waals surface area contributed by atoms with Crippen molar-refractivity contribution in [1.82, 2.24) is 25.1 Å². The van der Waals surface area contributed by atoms with Gasteiger partial charge in [0.1, 0.15) is 0 Å². The van der Waals surface area contributed by atoms with Crippen LogP contribution in [0.5, 0.6) is 0 Å². The summed E-state index contributed by atoms with van der Waals surface area (Å²) >= 11 is 7.27. The monoisotopic (exact) mass is 398 g/mol. The molecular weight excluding hydrogens is 376 g/mol. The number of rotatable bonds is 4. The van der Waals surface area contributed by atoms with Crippen molar-refractivity contribution < 1.29 is 0 Å². The van der Waals surface area contributed by atoms with E-state index in [1.54, 1.807) is 16.1 Å². The number of hydrogen-bond acceptors (Lipinski definition) is 5. The molecule has 1 aliphatic rings. The van der Waals surface area contributed by atoms with Crippen LogP contribution in [-0.2, 0) is 6.42 Å². The van der Waals surface area contributed by atoms with Gasteiger partial charge in [-0.05, 0) is 59.8 Å². The molecule has 140 valence electrons. The van der Waals surface area contributed by atoms with Gasteiger partial charge >= 0.3 is 0 Å². The minimum atomic E-state index is 0.271. The second kappa shape index (κ2) is 8.14. The summed E-state index contributed by atoms with van der Waals surface area (Å²) in [6.45, 7) is 3.94. The first-order chi connectivity index (χ1) is 13.2. The maximum absolute atomic E-state index is 5.64. The summed E-state index contributed by atoms with van der Waals surface area (Å²) in [5, 5.41) is 19.3. The van der Waals surface area contributed by atoms with Crippen molar-refractivity contribution in [3.05, 3.63) is 47.3 Å². The highest BCUT2D eigenvalue weighted by molar-refractivity contribution is 7.80. The van der Waals surface area contributed by atoms with Crippen LogP contribution in [0.1, 0.15) is 31.4 Å². The standard InChI is InChI=1S/C19H22N6S2/c1-2-14-6-3-4-7-16(14)20-19(26)24-11-9-15(10-12-24)25-22-18(21-23-25)17-8-5-13-27-17/h3-8,13,15H,2,9-12H2,1H3,(H,20,26). The predicted molar refractivity (Wildman–Crippen MR) is 113 cm³/mol. The van der Waals surface area contributed by atoms with E-state index in [0.717, 1.165) is 48.0 Å². The Kier molecular flexibility index (Phi) is 5.45. The number of nitrogens with one attached hydrogen (secondary N) is 1. The number of aryl methyl sites for hydroxylation is 1. The predicted octanol–water partition coefficient (Wildman–Crippen LogP) is 4.00. The molecule has 1 aliphatic heterocycles. The number of hydrogen-bond donors (Lipinski definition) is 1. The Morgan fingerprint density at radius 3 is 2.78 bits per heavy atom. The van der Waals surface area contributed by atoms with Crippen LogP contribution in [0.25, 0.3) is 10.7 Å². The zero-order valence-electron chi connectivity index (χ0n) is 15.2. The molecule has 27 heavy (non-hydrogen) atoms. The molecule has 1 aromatic carbocycles. The molecule has 1 N–H and O–H groups in total. The zero-order chi connectivity index (χ0) is 18.6. The lowest BCUT2D eigenvalue weighted by Gasteiger charge is -2.33. The Hall–Kier alpha value is -2.32. The summed E-state index contributed by atoms with van der Waals surface area (Å²) in [4.78, 5) is 5.06. The molecule has 8 heteroatoms. The maximum Gasteiger partial charge on any atom is 0.214 e. The highest BCUT2D eigenvalue weighted by Gasteiger charge is 2.24. The van der Waals surface area contributed by atoms with Crippen molar-refractivity contribution >= 4 is 34.4 Å². The van der Waals surface area contributed by atoms with Gasteiger partial charge in [0.15, 0.2) is 5.11 Å². The summed E-state index contributed by atoms with van der Waals surface area (Å²) in [6, 6.07) is 12.6. The van der Waals surface area contributed by atoms with Gasteiger partial charge < -0.3 is 10.2 Å². The fourth-order valence-corrected chi connectivity index (χ4v) is 4.27. The van der Waals surface area contributed by atoms with Gasteiger partial charge in [-0.15, -0.1) is 21.5 Å². The molecule has 0 unspecified atom stereocenters. The van der Waals surface area contributed by atoms with Gasteiger partial charge in [-0.25, -0.2) is 0 Å². The van der Waals surface area contributed by atoms with Gasteiger partial charge in [-0.1, -0.05) is 31.2 Å². The zero-order valence-corrected chi connectivity index (χ0v) is 16.8. The van der Waals surface area contributed by atoms with Gasteiger partial charge in [0.25, 0.3) is 0 Å². The largest absolute Gasteiger partial charge is 0.349 e. The fourth-order valence-electron chi connectivity index (χ4n) is 3.33. The van der Waals surface area contributed by atoms with Crippen LogP contribution >= 0.6 is 23.6 Å². The first-order valence-corrected chi connectivity index (χ1v) is 10.5. The van der Waals surface area contributed by atoms with Crippen LogP contribution < -0.4 is 5.32 Å². The number of para-hydroxylation sites is 1. The highest BCUT2D eigenvalue weighted by Crippen LogP contribution is 2.25. The third kappa shape index (κ3) is 4.01. The third-order valence-electron chi connectivity index (χ3n) is 4.89. The van der Waals surface area contributed by atoms with Gasteiger partial charge in [0.05, 0.1) is 10.9 Å². The summed E-state index contributed by atoms with van der Waals surface area (Å²) in [7, 11) is 0. The van der Waals surface area contributed by atoms with Crippen LogP contribution in [-0.4, -0.2) is 43.3 Å². The summed E-state index contributed by atoms with van der Waals surface area (Å²) < 4.78 is 0. The quantitative estimate of drug-likeness (QED) is 0.671. The molecule has 0 amide bonds. The number of benzene rings is 1. The van der Waals surface area contributed by atoms with Crippen LogP contribution in [0.3, 0.4) is 0 Å². The molecule has 3 heterocycles. The van der Waals surface area contributed by atoms with Crippen LogP contribution in [0, 0.1) is 0 Å². The molecule has 0 radical (unpaired) electrons. The molecule has 1 saturated heterocycles. The van der Waals surface area contributed by atoms with Gasteiger partial charge in [0, 0.05) is 18.8 Å². The Bertz CT molecular complexity index is 897. The lowest BCUT2D eigenvalue weighted by molar-refractivity contribution is 0.238. The second-order valence-corrected chi connectivity index (χ2v) is 7.90. The minimum absolute atomic E-state index is 0.271. The third-order valence-corrected chi connectivity index (χ3v) is 6.11. The van der Waals surface area contributed by atoms with Crippen LogP contribution in [0.2, 0.25) is 0 Å². The number of aromatic nitrogens is 4. The van der Waals surface area contributed by atoms with Crippen molar-refractivity contribution in [3.63, 3.8) is 0 Å². The lowest BCUT2D eigenvalue weighted by Crippen LogP contribution is -2.41. The minimum Gasteiger partial charge on any atom is -0.349 e. The van der Waals surface area contributed by atoms with E-state index < -0.39 is 0 Å². The van der Waals surface area contributed by atoms with Crippen molar-refractivity contribution in [2.45, 2.75) is 32.2 Å². The molecule has 0 bridgehead atoms. The Morgan fingerprint density at radius 2 is 2.04 bits per heavy atom. The second-order valence-electron chi connectivity index (χ2n) is 6.57. The molecular formula is C19H22N6S2. The maximum atomic E-state index is 5.64. The average molecular weight is 399 g/mol. The Labute approximate surface area is 168 Å². The summed E-state index contributed by atoms with van der Waals surface area (Å²) in [5.41, 5.74) is 2.38. The van der Waals surface area contributed by atoms with E-state index in [1.165, 1.54) is 5.56 Å². The SMILES string of the molecule is CCc1ccccc1NC(=S)N1CCC(n2nnc(-c3cccs3)n2)CC1. The molecule has 0 spiro atoms. The van der Waals surface area contributed by atoms with Gasteiger partial charge in [-0.3, -0.25) is 0 Å². The summed E-state index contributed by atoms with van der Waals surface area (Å²) in [6.07, 6.45) is 2.90. The molecule has 0 aliphatic carbocycles. The van der Waals surface area contributed by atoms with E-state index in [-0.39, 0.29) is 6.04 Å². The fraction of sp³-hybridized carbons (Fsp3) is 0.368. The number of nitrogens with zero attached hydrogens (tertiary/aromatic N) is 5. The van der Waals surface area contributed by atoms with E-state index in [9.17, 15) is 0 Å². The Balaban J connectivity index is 1.35. The average Bonchev–Trinajstić information content (AvgIpc) is 3.40. The number of likely N-dealkylation sites (tertiary alicyclic amines) is 1. The summed E-state index contributed by atoms with van der Waals surface area (Å²) in [5.74, 6) is 0.709. The van der Waals surface area contributed by atoms with E-state index in [2.05, 4.69) is 50.8 Å². The van der Waals surface area contributed by atoms with Crippen molar-refractivity contribution in [3.8, 4) is 10.7 Å². The number of anilines is 1.